The van der Waals surface area contributed by atoms with Crippen molar-refractivity contribution in [1.82, 2.24) is 19.2 Å². The van der Waals surface area contributed by atoms with E-state index in [-0.39, 0.29) is 5.69 Å². The highest BCUT2D eigenvalue weighted by atomic mass is 19.4. The monoisotopic (exact) mass is 385 g/mol. The van der Waals surface area contributed by atoms with Crippen LogP contribution in [0.15, 0.2) is 29.1 Å². The van der Waals surface area contributed by atoms with Crippen molar-refractivity contribution in [3.05, 3.63) is 56.3 Å². The number of nitro benzene ring substituents is 1. The molecule has 0 N–H and O–H groups in total. The van der Waals surface area contributed by atoms with E-state index in [1.807, 2.05) is 4.90 Å². The number of benzene rings is 1. The molecule has 1 fully saturated rings. The van der Waals surface area contributed by atoms with E-state index in [1.165, 1.54) is 12.1 Å². The Morgan fingerprint density at radius 2 is 1.96 bits per heavy atom. The molecule has 1 aliphatic rings. The lowest BCUT2D eigenvalue weighted by atomic mass is 10.0. The van der Waals surface area contributed by atoms with Gasteiger partial charge in [0.2, 0.25) is 5.82 Å². The van der Waals surface area contributed by atoms with Crippen molar-refractivity contribution in [3.8, 4) is 0 Å². The number of aromatic nitrogens is 3. The molecule has 8 nitrogen and oxygen atoms in total. The van der Waals surface area contributed by atoms with Gasteiger partial charge >= 0.3 is 11.9 Å². The zero-order chi connectivity index (χ0) is 19.8. The molecule has 0 aliphatic carbocycles. The molecule has 2 aromatic rings. The fourth-order valence-electron chi connectivity index (χ4n) is 3.29. The van der Waals surface area contributed by atoms with E-state index < -0.39 is 28.7 Å². The van der Waals surface area contributed by atoms with Gasteiger partial charge in [0.15, 0.2) is 0 Å². The Balaban J connectivity index is 1.67. The fraction of sp³-hybridized carbons (Fsp3) is 0.500. The SMILES string of the molecule is Cn1c(C(F)(F)F)nn(C2CCN(Cc3cccc([N+](=O)[O-])c3)CC2)c1=O. The molecule has 27 heavy (non-hydrogen) atoms. The molecule has 1 saturated heterocycles. The van der Waals surface area contributed by atoms with Crippen LogP contribution in [0.4, 0.5) is 18.9 Å². The number of nitrogens with zero attached hydrogens (tertiary/aromatic N) is 5. The summed E-state index contributed by atoms with van der Waals surface area (Å²) in [5.74, 6) is -1.20. The molecule has 146 valence electrons. The second-order valence-corrected chi connectivity index (χ2v) is 6.54. The van der Waals surface area contributed by atoms with Gasteiger partial charge in [-0.2, -0.15) is 13.2 Å². The minimum Gasteiger partial charge on any atom is -0.299 e. The van der Waals surface area contributed by atoms with Crippen molar-refractivity contribution in [1.29, 1.82) is 0 Å². The third-order valence-electron chi connectivity index (χ3n) is 4.69. The third-order valence-corrected chi connectivity index (χ3v) is 4.69. The van der Waals surface area contributed by atoms with E-state index in [0.717, 1.165) is 17.3 Å². The molecule has 2 heterocycles. The maximum atomic E-state index is 12.9. The number of rotatable bonds is 4. The van der Waals surface area contributed by atoms with Crippen LogP contribution in [0.2, 0.25) is 0 Å². The van der Waals surface area contributed by atoms with E-state index in [0.29, 0.717) is 37.0 Å². The number of halogens is 3. The number of piperidine rings is 1. The standard InChI is InChI=1S/C16H18F3N5O3/c1-21-14(16(17,18)19)20-23(15(21)25)12-5-7-22(8-6-12)10-11-3-2-4-13(9-11)24(26)27/h2-4,9,12H,5-8,10H2,1H3. The van der Waals surface area contributed by atoms with E-state index in [4.69, 9.17) is 0 Å². The van der Waals surface area contributed by atoms with E-state index in [9.17, 15) is 28.1 Å². The number of hydrogen-bond donors (Lipinski definition) is 0. The Morgan fingerprint density at radius 3 is 2.52 bits per heavy atom. The van der Waals surface area contributed by atoms with Crippen molar-refractivity contribution < 1.29 is 18.1 Å². The highest BCUT2D eigenvalue weighted by Gasteiger charge is 2.39. The van der Waals surface area contributed by atoms with E-state index in [2.05, 4.69) is 5.10 Å². The van der Waals surface area contributed by atoms with Crippen molar-refractivity contribution >= 4 is 5.69 Å². The minimum atomic E-state index is -4.68. The first-order valence-electron chi connectivity index (χ1n) is 8.35. The van der Waals surface area contributed by atoms with Crippen LogP contribution in [-0.2, 0) is 19.8 Å². The first-order valence-corrected chi connectivity index (χ1v) is 8.35. The molecule has 0 spiro atoms. The number of alkyl halides is 3. The van der Waals surface area contributed by atoms with E-state index >= 15 is 0 Å². The molecular formula is C16H18F3N5O3. The first-order chi connectivity index (χ1) is 12.7. The molecule has 0 bridgehead atoms. The number of nitro groups is 1. The highest BCUT2D eigenvalue weighted by molar-refractivity contribution is 5.34. The van der Waals surface area contributed by atoms with Crippen molar-refractivity contribution in [3.63, 3.8) is 0 Å². The topological polar surface area (TPSA) is 86.2 Å². The van der Waals surface area contributed by atoms with Gasteiger partial charge in [-0.3, -0.25) is 19.6 Å². The van der Waals surface area contributed by atoms with Crippen LogP contribution < -0.4 is 5.69 Å². The molecule has 0 saturated carbocycles. The molecule has 0 atom stereocenters. The lowest BCUT2D eigenvalue weighted by Crippen LogP contribution is -2.37. The predicted molar refractivity (Wildman–Crippen MR) is 89.1 cm³/mol. The Bertz CT molecular complexity index is 897. The van der Waals surface area contributed by atoms with Crippen molar-refractivity contribution in [2.45, 2.75) is 31.6 Å². The number of likely N-dealkylation sites (tertiary alicyclic amines) is 1. The zero-order valence-electron chi connectivity index (χ0n) is 14.5. The number of non-ortho nitro benzene ring substituents is 1. The lowest BCUT2D eigenvalue weighted by molar-refractivity contribution is -0.384. The van der Waals surface area contributed by atoms with Crippen LogP contribution in [0.3, 0.4) is 0 Å². The predicted octanol–water partition coefficient (Wildman–Crippen LogP) is 2.35. The molecule has 0 radical (unpaired) electrons. The smallest absolute Gasteiger partial charge is 0.299 e. The molecule has 1 aliphatic heterocycles. The quantitative estimate of drug-likeness (QED) is 0.596. The Hall–Kier alpha value is -2.69. The van der Waals surface area contributed by atoms with Gasteiger partial charge in [0.1, 0.15) is 0 Å². The van der Waals surface area contributed by atoms with Crippen molar-refractivity contribution in [2.75, 3.05) is 13.1 Å². The van der Waals surface area contributed by atoms with Gasteiger partial charge in [0.25, 0.3) is 5.69 Å². The average molecular weight is 385 g/mol. The molecular weight excluding hydrogens is 367 g/mol. The maximum Gasteiger partial charge on any atom is 0.451 e. The summed E-state index contributed by atoms with van der Waals surface area (Å²) in [6.07, 6.45) is -3.73. The molecule has 0 amide bonds. The molecule has 0 unspecified atom stereocenters. The molecule has 3 rings (SSSR count). The van der Waals surface area contributed by atoms with Gasteiger partial charge < -0.3 is 0 Å². The molecule has 11 heteroatoms. The lowest BCUT2D eigenvalue weighted by Gasteiger charge is -2.31. The van der Waals surface area contributed by atoms with Gasteiger partial charge in [0.05, 0.1) is 11.0 Å². The summed E-state index contributed by atoms with van der Waals surface area (Å²) >= 11 is 0. The van der Waals surface area contributed by atoms with Crippen LogP contribution in [-0.4, -0.2) is 37.3 Å². The van der Waals surface area contributed by atoms with Crippen LogP contribution in [0, 0.1) is 10.1 Å². The summed E-state index contributed by atoms with van der Waals surface area (Å²) in [6.45, 7) is 1.61. The Kier molecular flexibility index (Phi) is 5.05. The summed E-state index contributed by atoms with van der Waals surface area (Å²) in [5, 5.41) is 14.3. The van der Waals surface area contributed by atoms with E-state index in [1.54, 1.807) is 12.1 Å². The van der Waals surface area contributed by atoms with Gasteiger partial charge in [-0.1, -0.05) is 12.1 Å². The average Bonchev–Trinajstić information content (AvgIpc) is 2.91. The highest BCUT2D eigenvalue weighted by Crippen LogP contribution is 2.28. The minimum absolute atomic E-state index is 0.0158. The van der Waals surface area contributed by atoms with Crippen LogP contribution >= 0.6 is 0 Å². The second-order valence-electron chi connectivity index (χ2n) is 6.54. The summed E-state index contributed by atoms with van der Waals surface area (Å²) in [7, 11) is 1.06. The first kappa shape index (κ1) is 19.1. The summed E-state index contributed by atoms with van der Waals surface area (Å²) in [5.41, 5.74) is 0.0265. The van der Waals surface area contributed by atoms with Crippen LogP contribution in [0.25, 0.3) is 0 Å². The van der Waals surface area contributed by atoms with Gasteiger partial charge in [-0.15, -0.1) is 5.10 Å². The van der Waals surface area contributed by atoms with Gasteiger partial charge in [0, 0.05) is 38.8 Å². The zero-order valence-corrected chi connectivity index (χ0v) is 14.5. The van der Waals surface area contributed by atoms with Crippen LogP contribution in [0.1, 0.15) is 30.3 Å². The Morgan fingerprint density at radius 1 is 1.30 bits per heavy atom. The maximum absolute atomic E-state index is 12.9. The fourth-order valence-corrected chi connectivity index (χ4v) is 3.29. The second kappa shape index (κ2) is 7.14. The third kappa shape index (κ3) is 4.02. The molecule has 1 aromatic carbocycles. The summed E-state index contributed by atoms with van der Waals surface area (Å²) in [4.78, 5) is 24.5. The molecule has 1 aromatic heterocycles. The van der Waals surface area contributed by atoms with Crippen LogP contribution in [0.5, 0.6) is 0 Å². The van der Waals surface area contributed by atoms with Gasteiger partial charge in [-0.05, 0) is 18.4 Å². The summed E-state index contributed by atoms with van der Waals surface area (Å²) < 4.78 is 40.2. The van der Waals surface area contributed by atoms with Gasteiger partial charge in [-0.25, -0.2) is 9.48 Å². The summed E-state index contributed by atoms with van der Waals surface area (Å²) in [6, 6.07) is 5.93. The largest absolute Gasteiger partial charge is 0.451 e. The van der Waals surface area contributed by atoms with Crippen molar-refractivity contribution in [2.24, 2.45) is 7.05 Å². The number of hydrogen-bond acceptors (Lipinski definition) is 5. The Labute approximate surface area is 152 Å². The normalized spacial score (nSPS) is 16.6.